The summed E-state index contributed by atoms with van der Waals surface area (Å²) in [5.74, 6) is 1.02. The van der Waals surface area contributed by atoms with Crippen molar-refractivity contribution in [3.8, 4) is 5.75 Å². The molecule has 0 saturated heterocycles. The zero-order valence-electron chi connectivity index (χ0n) is 11.4. The Hall–Kier alpha value is -1.84. The number of hydrogen-bond donors (Lipinski definition) is 2. The van der Waals surface area contributed by atoms with Crippen LogP contribution in [0.1, 0.15) is 16.7 Å². The average Bonchev–Trinajstić information content (AvgIpc) is 2.90. The fraction of sp³-hybridized carbons (Fsp3) is 0.294. The lowest BCUT2D eigenvalue weighted by Gasteiger charge is -2.12. The van der Waals surface area contributed by atoms with E-state index in [0.717, 1.165) is 30.8 Å². The Labute approximate surface area is 119 Å². The van der Waals surface area contributed by atoms with Gasteiger partial charge < -0.3 is 15.2 Å². The van der Waals surface area contributed by atoms with E-state index in [1.54, 1.807) is 0 Å². The smallest absolute Gasteiger partial charge is 0.123 e. The van der Waals surface area contributed by atoms with Crippen LogP contribution in [0.2, 0.25) is 0 Å². The monoisotopic (exact) mass is 269 g/mol. The number of benzene rings is 2. The van der Waals surface area contributed by atoms with Crippen LogP contribution in [0.5, 0.6) is 5.75 Å². The van der Waals surface area contributed by atoms with Gasteiger partial charge in [-0.15, -0.1) is 0 Å². The highest BCUT2D eigenvalue weighted by atomic mass is 16.5. The lowest BCUT2D eigenvalue weighted by Crippen LogP contribution is -2.29. The molecule has 1 aliphatic heterocycles. The average molecular weight is 269 g/mol. The van der Waals surface area contributed by atoms with Gasteiger partial charge in [-0.25, -0.2) is 0 Å². The molecule has 3 rings (SSSR count). The van der Waals surface area contributed by atoms with Crippen LogP contribution < -0.4 is 10.1 Å². The van der Waals surface area contributed by atoms with Gasteiger partial charge in [0.15, 0.2) is 0 Å². The van der Waals surface area contributed by atoms with Crippen molar-refractivity contribution in [3.63, 3.8) is 0 Å². The second-order valence-electron chi connectivity index (χ2n) is 5.16. The first kappa shape index (κ1) is 13.2. The van der Waals surface area contributed by atoms with Gasteiger partial charge >= 0.3 is 0 Å². The first-order valence-corrected chi connectivity index (χ1v) is 6.99. The molecule has 0 bridgehead atoms. The van der Waals surface area contributed by atoms with Crippen LogP contribution in [0, 0.1) is 0 Å². The zero-order chi connectivity index (χ0) is 13.8. The van der Waals surface area contributed by atoms with Gasteiger partial charge in [0.05, 0.1) is 6.61 Å². The third-order valence-electron chi connectivity index (χ3n) is 3.59. The van der Waals surface area contributed by atoms with Crippen LogP contribution in [0.3, 0.4) is 0 Å². The van der Waals surface area contributed by atoms with Crippen LogP contribution in [-0.4, -0.2) is 17.8 Å². The highest BCUT2D eigenvalue weighted by Crippen LogP contribution is 2.27. The molecule has 1 heterocycles. The SMILES string of the molecule is OCc1cccc(CNCC2Cc3ccccc3O2)c1. The molecular formula is C17H19NO2. The lowest BCUT2D eigenvalue weighted by atomic mass is 10.1. The molecule has 3 heteroatoms. The van der Waals surface area contributed by atoms with E-state index >= 15 is 0 Å². The number of ether oxygens (including phenoxy) is 1. The largest absolute Gasteiger partial charge is 0.488 e. The maximum atomic E-state index is 9.12. The van der Waals surface area contributed by atoms with Gasteiger partial charge in [0.25, 0.3) is 0 Å². The van der Waals surface area contributed by atoms with Crippen molar-refractivity contribution < 1.29 is 9.84 Å². The minimum absolute atomic E-state index is 0.0921. The number of nitrogens with one attached hydrogen (secondary N) is 1. The summed E-state index contributed by atoms with van der Waals surface area (Å²) in [6.45, 7) is 1.72. The van der Waals surface area contributed by atoms with Crippen molar-refractivity contribution in [1.29, 1.82) is 0 Å². The van der Waals surface area contributed by atoms with E-state index in [0.29, 0.717) is 0 Å². The molecule has 2 aromatic rings. The molecule has 0 saturated carbocycles. The van der Waals surface area contributed by atoms with E-state index in [-0.39, 0.29) is 12.7 Å². The van der Waals surface area contributed by atoms with Gasteiger partial charge in [0.2, 0.25) is 0 Å². The topological polar surface area (TPSA) is 41.5 Å². The summed E-state index contributed by atoms with van der Waals surface area (Å²) in [6.07, 6.45) is 1.19. The van der Waals surface area contributed by atoms with Crippen LogP contribution in [-0.2, 0) is 19.6 Å². The third-order valence-corrected chi connectivity index (χ3v) is 3.59. The summed E-state index contributed by atoms with van der Waals surface area (Å²) in [5, 5.41) is 12.5. The van der Waals surface area contributed by atoms with E-state index < -0.39 is 0 Å². The predicted molar refractivity (Wildman–Crippen MR) is 78.6 cm³/mol. The molecule has 0 aromatic heterocycles. The molecule has 0 aliphatic carbocycles. The number of fused-ring (bicyclic) bond motifs is 1. The Kier molecular flexibility index (Phi) is 4.00. The molecule has 1 atom stereocenters. The Bertz CT molecular complexity index is 558. The maximum Gasteiger partial charge on any atom is 0.123 e. The van der Waals surface area contributed by atoms with Gasteiger partial charge in [0, 0.05) is 19.5 Å². The quantitative estimate of drug-likeness (QED) is 0.875. The van der Waals surface area contributed by atoms with Gasteiger partial charge in [-0.3, -0.25) is 0 Å². The molecule has 3 nitrogen and oxygen atoms in total. The molecule has 0 radical (unpaired) electrons. The Morgan fingerprint density at radius 3 is 2.80 bits per heavy atom. The van der Waals surface area contributed by atoms with Crippen LogP contribution in [0.15, 0.2) is 48.5 Å². The first-order chi connectivity index (χ1) is 9.85. The maximum absolute atomic E-state index is 9.12. The summed E-state index contributed by atoms with van der Waals surface area (Å²) in [7, 11) is 0. The summed E-state index contributed by atoms with van der Waals surface area (Å²) in [5.41, 5.74) is 3.43. The van der Waals surface area contributed by atoms with Crippen molar-refractivity contribution in [1.82, 2.24) is 5.32 Å². The van der Waals surface area contributed by atoms with Gasteiger partial charge in [0.1, 0.15) is 11.9 Å². The number of para-hydroxylation sites is 1. The Morgan fingerprint density at radius 2 is 1.95 bits per heavy atom. The molecule has 2 N–H and O–H groups in total. The Morgan fingerprint density at radius 1 is 1.10 bits per heavy atom. The van der Waals surface area contributed by atoms with Crippen molar-refractivity contribution in [3.05, 3.63) is 65.2 Å². The fourth-order valence-corrected chi connectivity index (χ4v) is 2.58. The fourth-order valence-electron chi connectivity index (χ4n) is 2.58. The second-order valence-corrected chi connectivity index (χ2v) is 5.16. The van der Waals surface area contributed by atoms with Crippen LogP contribution >= 0.6 is 0 Å². The van der Waals surface area contributed by atoms with E-state index in [4.69, 9.17) is 9.84 Å². The Balaban J connectivity index is 1.49. The number of hydrogen-bond acceptors (Lipinski definition) is 3. The summed E-state index contributed by atoms with van der Waals surface area (Å²) in [6, 6.07) is 16.2. The van der Waals surface area contributed by atoms with E-state index in [1.165, 1.54) is 11.1 Å². The van der Waals surface area contributed by atoms with Crippen molar-refractivity contribution in [2.75, 3.05) is 6.54 Å². The van der Waals surface area contributed by atoms with Crippen molar-refractivity contribution >= 4 is 0 Å². The van der Waals surface area contributed by atoms with Gasteiger partial charge in [-0.2, -0.15) is 0 Å². The molecule has 0 amide bonds. The highest BCUT2D eigenvalue weighted by molar-refractivity contribution is 5.37. The van der Waals surface area contributed by atoms with E-state index in [1.807, 2.05) is 30.3 Å². The molecule has 20 heavy (non-hydrogen) atoms. The normalized spacial score (nSPS) is 16.8. The minimum Gasteiger partial charge on any atom is -0.488 e. The third kappa shape index (κ3) is 3.00. The molecule has 1 aliphatic rings. The molecule has 0 spiro atoms. The molecule has 0 fully saturated rings. The number of rotatable bonds is 5. The van der Waals surface area contributed by atoms with Gasteiger partial charge in [-0.05, 0) is 22.8 Å². The number of aliphatic hydroxyl groups is 1. The van der Waals surface area contributed by atoms with E-state index in [9.17, 15) is 0 Å². The van der Waals surface area contributed by atoms with Crippen LogP contribution in [0.4, 0.5) is 0 Å². The lowest BCUT2D eigenvalue weighted by molar-refractivity contribution is 0.227. The summed E-state index contributed by atoms with van der Waals surface area (Å²) >= 11 is 0. The van der Waals surface area contributed by atoms with Gasteiger partial charge in [-0.1, -0.05) is 42.5 Å². The van der Waals surface area contributed by atoms with Crippen molar-refractivity contribution in [2.24, 2.45) is 0 Å². The summed E-state index contributed by atoms with van der Waals surface area (Å²) in [4.78, 5) is 0. The van der Waals surface area contributed by atoms with Crippen molar-refractivity contribution in [2.45, 2.75) is 25.7 Å². The highest BCUT2D eigenvalue weighted by Gasteiger charge is 2.21. The summed E-state index contributed by atoms with van der Waals surface area (Å²) < 4.78 is 5.89. The number of aliphatic hydroxyl groups excluding tert-OH is 1. The zero-order valence-corrected chi connectivity index (χ0v) is 11.4. The molecular weight excluding hydrogens is 250 g/mol. The second kappa shape index (κ2) is 6.07. The first-order valence-electron chi connectivity index (χ1n) is 6.99. The molecule has 2 aromatic carbocycles. The molecule has 1 unspecified atom stereocenters. The molecule has 104 valence electrons. The standard InChI is InChI=1S/C17H19NO2/c19-12-14-5-3-4-13(8-14)10-18-11-16-9-15-6-1-2-7-17(15)20-16/h1-8,16,18-19H,9-12H2. The van der Waals surface area contributed by atoms with E-state index in [2.05, 4.69) is 23.5 Å². The van der Waals surface area contributed by atoms with Crippen LogP contribution in [0.25, 0.3) is 0 Å². The minimum atomic E-state index is 0.0921. The predicted octanol–water partition coefficient (Wildman–Crippen LogP) is 2.27.